The fourth-order valence-corrected chi connectivity index (χ4v) is 3.01. The predicted molar refractivity (Wildman–Crippen MR) is 74.9 cm³/mol. The number of nitrogens with zero attached hydrogens (tertiary/aromatic N) is 1. The maximum atomic E-state index is 11.5. The zero-order chi connectivity index (χ0) is 14.8. The monoisotopic (exact) mass is 350 g/mol. The second-order valence-corrected chi connectivity index (χ2v) is 7.74. The minimum Gasteiger partial charge on any atom is -0.444 e. The minimum absolute atomic E-state index is 0.0496. The summed E-state index contributed by atoms with van der Waals surface area (Å²) in [5.41, 5.74) is -0.640. The predicted octanol–water partition coefficient (Wildman–Crippen LogP) is 2.59. The summed E-state index contributed by atoms with van der Waals surface area (Å²) in [6.45, 7) is 5.18. The van der Waals surface area contributed by atoms with Gasteiger partial charge in [0.1, 0.15) is 11.4 Å². The number of aromatic nitrogens is 1. The molecule has 0 fully saturated rings. The van der Waals surface area contributed by atoms with Gasteiger partial charge < -0.3 is 4.74 Å². The van der Waals surface area contributed by atoms with Gasteiger partial charge in [0, 0.05) is 18.5 Å². The van der Waals surface area contributed by atoms with Gasteiger partial charge in [-0.3, -0.25) is 5.32 Å². The van der Waals surface area contributed by atoms with Gasteiger partial charge in [-0.2, -0.15) is 0 Å². The molecule has 1 aromatic rings. The molecule has 0 spiro atoms. The Balaban J connectivity index is 2.96. The van der Waals surface area contributed by atoms with Crippen molar-refractivity contribution in [3.63, 3.8) is 0 Å². The van der Waals surface area contributed by atoms with Crippen LogP contribution in [-0.4, -0.2) is 31.4 Å². The van der Waals surface area contributed by atoms with Gasteiger partial charge in [0.15, 0.2) is 9.84 Å². The van der Waals surface area contributed by atoms with Gasteiger partial charge >= 0.3 is 6.09 Å². The summed E-state index contributed by atoms with van der Waals surface area (Å²) in [6.07, 6.45) is 1.69. The van der Waals surface area contributed by atoms with Crippen LogP contribution in [0.4, 0.5) is 10.6 Å². The molecule has 0 unspecified atom stereocenters. The SMILES string of the molecule is CC(C)(C)OC(=O)Nc1cc(S(C)(=O)=O)c(Br)cn1. The molecule has 106 valence electrons. The van der Waals surface area contributed by atoms with Crippen molar-refractivity contribution in [1.29, 1.82) is 0 Å². The number of amides is 1. The summed E-state index contributed by atoms with van der Waals surface area (Å²) in [6, 6.07) is 1.27. The van der Waals surface area contributed by atoms with Crippen LogP contribution < -0.4 is 5.32 Å². The van der Waals surface area contributed by atoms with Crippen LogP contribution in [-0.2, 0) is 14.6 Å². The third-order valence-corrected chi connectivity index (χ3v) is 3.88. The van der Waals surface area contributed by atoms with Crippen molar-refractivity contribution in [3.8, 4) is 0 Å². The molecule has 1 heterocycles. The molecular weight excluding hydrogens is 336 g/mol. The number of pyridine rings is 1. The van der Waals surface area contributed by atoms with Crippen LogP contribution in [0.15, 0.2) is 21.6 Å². The van der Waals surface area contributed by atoms with E-state index in [1.807, 2.05) is 0 Å². The molecule has 6 nitrogen and oxygen atoms in total. The highest BCUT2D eigenvalue weighted by Gasteiger charge is 2.18. The number of halogens is 1. The summed E-state index contributed by atoms with van der Waals surface area (Å²) in [7, 11) is -3.41. The summed E-state index contributed by atoms with van der Waals surface area (Å²) >= 11 is 3.10. The fourth-order valence-electron chi connectivity index (χ4n) is 1.18. The average Bonchev–Trinajstić information content (AvgIpc) is 2.16. The standard InChI is InChI=1S/C11H15BrN2O4S/c1-11(2,3)18-10(15)14-9-5-8(19(4,16)17)7(12)6-13-9/h5-6H,1-4H3,(H,13,14,15). The van der Waals surface area contributed by atoms with Crippen molar-refractivity contribution in [1.82, 2.24) is 4.98 Å². The van der Waals surface area contributed by atoms with Gasteiger partial charge in [0.25, 0.3) is 0 Å². The Morgan fingerprint density at radius 2 is 2.00 bits per heavy atom. The van der Waals surface area contributed by atoms with Crippen LogP contribution in [0.1, 0.15) is 20.8 Å². The molecule has 0 aliphatic heterocycles. The normalized spacial score (nSPS) is 12.1. The van der Waals surface area contributed by atoms with E-state index in [0.29, 0.717) is 4.47 Å². The Kier molecular flexibility index (Phi) is 4.57. The van der Waals surface area contributed by atoms with Crippen LogP contribution in [0.2, 0.25) is 0 Å². The van der Waals surface area contributed by atoms with Crippen LogP contribution in [0.3, 0.4) is 0 Å². The van der Waals surface area contributed by atoms with Crippen LogP contribution in [0.25, 0.3) is 0 Å². The van der Waals surface area contributed by atoms with E-state index in [9.17, 15) is 13.2 Å². The number of sulfone groups is 1. The third kappa shape index (κ3) is 5.15. The van der Waals surface area contributed by atoms with E-state index in [4.69, 9.17) is 4.74 Å². The molecule has 1 aromatic heterocycles. The van der Waals surface area contributed by atoms with Crippen molar-refractivity contribution in [2.45, 2.75) is 31.3 Å². The molecular formula is C11H15BrN2O4S. The Labute approximate surface area is 120 Å². The molecule has 1 N–H and O–H groups in total. The first-order valence-electron chi connectivity index (χ1n) is 5.34. The number of hydrogen-bond acceptors (Lipinski definition) is 5. The van der Waals surface area contributed by atoms with Crippen LogP contribution in [0, 0.1) is 0 Å². The van der Waals surface area contributed by atoms with Gasteiger partial charge in [0.05, 0.1) is 9.37 Å². The Hall–Kier alpha value is -1.15. The van der Waals surface area contributed by atoms with Crippen molar-refractivity contribution < 1.29 is 17.9 Å². The Morgan fingerprint density at radius 3 is 2.47 bits per heavy atom. The molecule has 0 aliphatic rings. The topological polar surface area (TPSA) is 85.4 Å². The first kappa shape index (κ1) is 15.9. The molecule has 0 aromatic carbocycles. The van der Waals surface area contributed by atoms with Crippen molar-refractivity contribution in [2.24, 2.45) is 0 Å². The van der Waals surface area contributed by atoms with E-state index in [1.165, 1.54) is 12.3 Å². The van der Waals surface area contributed by atoms with Crippen molar-refractivity contribution in [2.75, 3.05) is 11.6 Å². The molecule has 8 heteroatoms. The number of rotatable bonds is 2. The smallest absolute Gasteiger partial charge is 0.413 e. The number of ether oxygens (including phenoxy) is 1. The van der Waals surface area contributed by atoms with E-state index in [-0.39, 0.29) is 10.7 Å². The average molecular weight is 351 g/mol. The maximum Gasteiger partial charge on any atom is 0.413 e. The highest BCUT2D eigenvalue weighted by molar-refractivity contribution is 9.10. The number of nitrogens with one attached hydrogen (secondary N) is 1. The third-order valence-electron chi connectivity index (χ3n) is 1.85. The fraction of sp³-hybridized carbons (Fsp3) is 0.455. The highest BCUT2D eigenvalue weighted by atomic mass is 79.9. The molecule has 0 bridgehead atoms. The quantitative estimate of drug-likeness (QED) is 0.885. The van der Waals surface area contributed by atoms with E-state index in [0.717, 1.165) is 6.26 Å². The summed E-state index contributed by atoms with van der Waals surface area (Å²) in [5, 5.41) is 2.38. The minimum atomic E-state index is -3.41. The summed E-state index contributed by atoms with van der Waals surface area (Å²) in [4.78, 5) is 15.5. The van der Waals surface area contributed by atoms with Crippen molar-refractivity contribution >= 4 is 37.7 Å². The Morgan fingerprint density at radius 1 is 1.42 bits per heavy atom. The molecule has 0 aliphatic carbocycles. The number of hydrogen-bond donors (Lipinski definition) is 1. The second kappa shape index (κ2) is 5.46. The number of anilines is 1. The lowest BCUT2D eigenvalue weighted by Gasteiger charge is -2.19. The molecule has 0 saturated carbocycles. The van der Waals surface area contributed by atoms with E-state index >= 15 is 0 Å². The molecule has 0 atom stereocenters. The first-order chi connectivity index (χ1) is 8.49. The van der Waals surface area contributed by atoms with Gasteiger partial charge in [0.2, 0.25) is 0 Å². The lowest BCUT2D eigenvalue weighted by molar-refractivity contribution is 0.0635. The van der Waals surface area contributed by atoms with Gasteiger partial charge in [-0.1, -0.05) is 0 Å². The molecule has 1 amide bonds. The molecule has 0 saturated heterocycles. The van der Waals surface area contributed by atoms with Gasteiger partial charge in [-0.25, -0.2) is 18.2 Å². The summed E-state index contributed by atoms with van der Waals surface area (Å²) in [5.74, 6) is 0.109. The van der Waals surface area contributed by atoms with Crippen LogP contribution in [0.5, 0.6) is 0 Å². The van der Waals surface area contributed by atoms with E-state index < -0.39 is 21.5 Å². The second-order valence-electron chi connectivity index (χ2n) is 4.90. The lowest BCUT2D eigenvalue weighted by Crippen LogP contribution is -2.27. The van der Waals surface area contributed by atoms with Gasteiger partial charge in [-0.15, -0.1) is 0 Å². The van der Waals surface area contributed by atoms with Gasteiger partial charge in [-0.05, 0) is 36.7 Å². The molecule has 1 rings (SSSR count). The number of carbonyl (C=O) groups excluding carboxylic acids is 1. The summed E-state index contributed by atoms with van der Waals surface area (Å²) < 4.78 is 28.4. The molecule has 19 heavy (non-hydrogen) atoms. The lowest BCUT2D eigenvalue weighted by atomic mass is 10.2. The Bertz CT molecular complexity index is 593. The number of carbonyl (C=O) groups is 1. The zero-order valence-electron chi connectivity index (χ0n) is 11.0. The maximum absolute atomic E-state index is 11.5. The van der Waals surface area contributed by atoms with E-state index in [2.05, 4.69) is 26.2 Å². The largest absolute Gasteiger partial charge is 0.444 e. The van der Waals surface area contributed by atoms with Crippen molar-refractivity contribution in [3.05, 3.63) is 16.7 Å². The first-order valence-corrected chi connectivity index (χ1v) is 8.03. The highest BCUT2D eigenvalue weighted by Crippen LogP contribution is 2.23. The zero-order valence-corrected chi connectivity index (χ0v) is 13.4. The van der Waals surface area contributed by atoms with E-state index in [1.54, 1.807) is 20.8 Å². The van der Waals surface area contributed by atoms with Crippen LogP contribution >= 0.6 is 15.9 Å². The molecule has 0 radical (unpaired) electrons.